The van der Waals surface area contributed by atoms with Crippen molar-refractivity contribution < 1.29 is 33.3 Å². The normalized spacial score (nSPS) is 22.8. The van der Waals surface area contributed by atoms with Gasteiger partial charge in [-0.05, 0) is 48.9 Å². The van der Waals surface area contributed by atoms with Crippen LogP contribution in [0.5, 0.6) is 0 Å². The molecule has 0 spiro atoms. The molecule has 3 aromatic rings. The highest BCUT2D eigenvalue weighted by Crippen LogP contribution is 2.46. The van der Waals surface area contributed by atoms with Crippen LogP contribution in [0.4, 0.5) is 4.39 Å². The van der Waals surface area contributed by atoms with Crippen LogP contribution in [-0.4, -0.2) is 46.0 Å². The monoisotopic (exact) mass is 563 g/mol. The minimum atomic E-state index is -1.95. The molecule has 2 atom stereocenters. The molecular formula is C30H30FN3O7. The summed E-state index contributed by atoms with van der Waals surface area (Å²) in [5.41, 5.74) is 2.48. The van der Waals surface area contributed by atoms with Gasteiger partial charge in [0, 0.05) is 35.4 Å². The van der Waals surface area contributed by atoms with Crippen LogP contribution >= 0.6 is 0 Å². The predicted octanol–water partition coefficient (Wildman–Crippen LogP) is 2.78. The number of halogens is 1. The molecule has 1 saturated heterocycles. The Labute approximate surface area is 234 Å². The van der Waals surface area contributed by atoms with Crippen molar-refractivity contribution in [2.75, 3.05) is 13.2 Å². The molecule has 5 heterocycles. The van der Waals surface area contributed by atoms with E-state index in [1.807, 2.05) is 0 Å². The fourth-order valence-corrected chi connectivity index (χ4v) is 6.79. The number of carbonyl (C=O) groups is 2. The highest BCUT2D eigenvalue weighted by molar-refractivity contribution is 5.94. The number of esters is 1. The van der Waals surface area contributed by atoms with E-state index in [0.717, 1.165) is 22.1 Å². The van der Waals surface area contributed by atoms with E-state index in [1.54, 1.807) is 24.5 Å². The van der Waals surface area contributed by atoms with E-state index in [1.165, 1.54) is 6.07 Å². The third-order valence-electron chi connectivity index (χ3n) is 9.01. The zero-order valence-corrected chi connectivity index (χ0v) is 22.8. The number of nitrogens with zero attached hydrogens (tertiary/aromatic N) is 2. The van der Waals surface area contributed by atoms with Gasteiger partial charge < -0.3 is 29.2 Å². The molecule has 10 nitrogen and oxygen atoms in total. The summed E-state index contributed by atoms with van der Waals surface area (Å²) < 4.78 is 32.7. The number of aryl methyl sites for hydroxylation is 1. The average Bonchev–Trinajstić information content (AvgIpc) is 3.62. The first-order valence-corrected chi connectivity index (χ1v) is 14.1. The second kappa shape index (κ2) is 9.43. The van der Waals surface area contributed by atoms with Gasteiger partial charge in [0.1, 0.15) is 12.4 Å². The van der Waals surface area contributed by atoms with Crippen molar-refractivity contribution in [3.8, 4) is 11.4 Å². The van der Waals surface area contributed by atoms with Gasteiger partial charge in [-0.25, -0.2) is 14.2 Å². The molecule has 0 unspecified atom stereocenters. The maximum absolute atomic E-state index is 15.1. The Bertz CT molecular complexity index is 1710. The molecule has 1 fully saturated rings. The van der Waals surface area contributed by atoms with E-state index in [9.17, 15) is 19.5 Å². The summed E-state index contributed by atoms with van der Waals surface area (Å²) in [6.07, 6.45) is 1.44. The zero-order chi connectivity index (χ0) is 28.6. The third-order valence-corrected chi connectivity index (χ3v) is 9.01. The molecular weight excluding hydrogens is 533 g/mol. The smallest absolute Gasteiger partial charge is 0.343 e. The van der Waals surface area contributed by atoms with Crippen LogP contribution in [0.1, 0.15) is 72.0 Å². The van der Waals surface area contributed by atoms with E-state index in [0.29, 0.717) is 54.9 Å². The number of amides is 1. The van der Waals surface area contributed by atoms with Crippen LogP contribution in [0.3, 0.4) is 0 Å². The van der Waals surface area contributed by atoms with Crippen molar-refractivity contribution in [1.82, 2.24) is 14.9 Å². The SMILES string of the molecule is CC[C@@]1(O)C(=O)OCc2c1cc1n(c2=O)Cc2c-1nc1cc(F)c(C)c3c1c2[C@@H](NC(=O)CCC1OCCO1)CC3. The summed E-state index contributed by atoms with van der Waals surface area (Å²) >= 11 is 0. The summed E-state index contributed by atoms with van der Waals surface area (Å²) in [4.78, 5) is 44.2. The molecule has 2 N–H and O–H groups in total. The highest BCUT2D eigenvalue weighted by atomic mass is 19.1. The fourth-order valence-electron chi connectivity index (χ4n) is 6.79. The van der Waals surface area contributed by atoms with Crippen LogP contribution < -0.4 is 10.9 Å². The van der Waals surface area contributed by atoms with Gasteiger partial charge in [0.2, 0.25) is 5.91 Å². The molecule has 1 aromatic carbocycles. The molecule has 214 valence electrons. The Balaban J connectivity index is 1.37. The summed E-state index contributed by atoms with van der Waals surface area (Å²) in [6, 6.07) is 2.67. The number of aliphatic hydroxyl groups is 1. The lowest BCUT2D eigenvalue weighted by molar-refractivity contribution is -0.172. The first kappa shape index (κ1) is 26.2. The maximum Gasteiger partial charge on any atom is 0.343 e. The molecule has 7 rings (SSSR count). The summed E-state index contributed by atoms with van der Waals surface area (Å²) in [6.45, 7) is 4.40. The van der Waals surface area contributed by atoms with Crippen LogP contribution in [0, 0.1) is 12.7 Å². The number of aromatic nitrogens is 2. The van der Waals surface area contributed by atoms with Gasteiger partial charge in [0.05, 0.1) is 48.3 Å². The zero-order valence-electron chi connectivity index (χ0n) is 22.8. The number of fused-ring (bicyclic) bond motifs is 5. The van der Waals surface area contributed by atoms with Gasteiger partial charge in [-0.1, -0.05) is 6.92 Å². The number of ether oxygens (including phenoxy) is 3. The Hall–Kier alpha value is -3.67. The molecule has 11 heteroatoms. The van der Waals surface area contributed by atoms with E-state index in [2.05, 4.69) is 5.32 Å². The molecule has 3 aliphatic heterocycles. The Morgan fingerprint density at radius 2 is 2.00 bits per heavy atom. The van der Waals surface area contributed by atoms with Crippen molar-refractivity contribution in [2.45, 2.75) is 77.0 Å². The number of hydrogen-bond acceptors (Lipinski definition) is 8. The quantitative estimate of drug-likeness (QED) is 0.355. The first-order valence-electron chi connectivity index (χ1n) is 14.1. The Morgan fingerprint density at radius 3 is 2.76 bits per heavy atom. The molecule has 1 aliphatic carbocycles. The summed E-state index contributed by atoms with van der Waals surface area (Å²) in [5.74, 6) is -1.31. The van der Waals surface area contributed by atoms with Gasteiger partial charge in [0.25, 0.3) is 5.56 Å². The highest BCUT2D eigenvalue weighted by Gasteiger charge is 2.46. The molecule has 0 saturated carbocycles. The number of pyridine rings is 2. The van der Waals surface area contributed by atoms with Gasteiger partial charge in [-0.3, -0.25) is 9.59 Å². The number of hydrogen-bond donors (Lipinski definition) is 2. The average molecular weight is 564 g/mol. The van der Waals surface area contributed by atoms with Gasteiger partial charge in [-0.2, -0.15) is 0 Å². The number of nitrogens with one attached hydrogen (secondary N) is 1. The topological polar surface area (TPSA) is 129 Å². The number of carbonyl (C=O) groups excluding carboxylic acids is 2. The standard InChI is InChI=1S/C30H30FN3O7/c1-3-30(38)18-10-22-27-16(12-34(22)28(36)17(18)13-41-29(30)37)26-20(32-23(35)6-7-24-39-8-9-40-24)5-4-15-14(2)19(31)11-21(33-27)25(15)26/h10-11,20,24,38H,3-9,12-13H2,1-2H3,(H,32,35)/t20-,30-/m0/s1. The fraction of sp³-hybridized carbons (Fsp3) is 0.467. The van der Waals surface area contributed by atoms with E-state index in [4.69, 9.17) is 19.2 Å². The lowest BCUT2D eigenvalue weighted by atomic mass is 9.81. The molecule has 1 amide bonds. The number of benzene rings is 1. The second-order valence-corrected chi connectivity index (χ2v) is 11.2. The third kappa shape index (κ3) is 3.86. The van der Waals surface area contributed by atoms with E-state index >= 15 is 4.39 Å². The molecule has 2 aromatic heterocycles. The van der Waals surface area contributed by atoms with Crippen LogP contribution in [-0.2, 0) is 49.0 Å². The lowest BCUT2D eigenvalue weighted by Gasteiger charge is -2.31. The largest absolute Gasteiger partial charge is 0.458 e. The van der Waals surface area contributed by atoms with Gasteiger partial charge in [-0.15, -0.1) is 0 Å². The van der Waals surface area contributed by atoms with Crippen LogP contribution in [0.25, 0.3) is 22.3 Å². The first-order chi connectivity index (χ1) is 19.7. The minimum absolute atomic E-state index is 0.0316. The minimum Gasteiger partial charge on any atom is -0.458 e. The Morgan fingerprint density at radius 1 is 1.22 bits per heavy atom. The second-order valence-electron chi connectivity index (χ2n) is 11.2. The van der Waals surface area contributed by atoms with Crippen LogP contribution in [0.2, 0.25) is 0 Å². The Kier molecular flexibility index (Phi) is 6.04. The summed E-state index contributed by atoms with van der Waals surface area (Å²) in [5, 5.41) is 15.2. The maximum atomic E-state index is 15.1. The molecule has 4 aliphatic rings. The van der Waals surface area contributed by atoms with Crippen LogP contribution in [0.15, 0.2) is 16.9 Å². The molecule has 41 heavy (non-hydrogen) atoms. The molecule has 0 bridgehead atoms. The van der Waals surface area contributed by atoms with Crippen molar-refractivity contribution in [1.29, 1.82) is 0 Å². The summed E-state index contributed by atoms with van der Waals surface area (Å²) in [7, 11) is 0. The van der Waals surface area contributed by atoms with Crippen molar-refractivity contribution in [3.63, 3.8) is 0 Å². The van der Waals surface area contributed by atoms with Gasteiger partial charge in [0.15, 0.2) is 11.9 Å². The van der Waals surface area contributed by atoms with E-state index in [-0.39, 0.29) is 66.7 Å². The molecule has 0 radical (unpaired) electrons. The van der Waals surface area contributed by atoms with Crippen molar-refractivity contribution in [3.05, 3.63) is 61.7 Å². The van der Waals surface area contributed by atoms with E-state index < -0.39 is 11.6 Å². The van der Waals surface area contributed by atoms with Gasteiger partial charge >= 0.3 is 5.97 Å². The number of rotatable bonds is 5. The van der Waals surface area contributed by atoms with Crippen molar-refractivity contribution >= 4 is 22.8 Å². The lowest BCUT2D eigenvalue weighted by Crippen LogP contribution is -2.44. The number of cyclic esters (lactones) is 1. The van der Waals surface area contributed by atoms with Crippen molar-refractivity contribution in [2.24, 2.45) is 0 Å². The predicted molar refractivity (Wildman–Crippen MR) is 143 cm³/mol.